The molecule has 2 nitrogen and oxygen atoms in total. The Balaban J connectivity index is 2.81. The van der Waals surface area contributed by atoms with Gasteiger partial charge in [0.15, 0.2) is 0 Å². The number of nitrogens with one attached hydrogen (secondary N) is 1. The zero-order valence-corrected chi connectivity index (χ0v) is 8.13. The predicted octanol–water partition coefficient (Wildman–Crippen LogP) is 3.03. The van der Waals surface area contributed by atoms with Crippen molar-refractivity contribution >= 4 is 5.69 Å². The van der Waals surface area contributed by atoms with Gasteiger partial charge < -0.3 is 10.1 Å². The molecule has 1 aromatic carbocycles. The van der Waals surface area contributed by atoms with Gasteiger partial charge in [-0.15, -0.1) is 0 Å². The minimum atomic E-state index is 0.845. The summed E-state index contributed by atoms with van der Waals surface area (Å²) >= 11 is 0. The highest BCUT2D eigenvalue weighted by molar-refractivity contribution is 5.58. The molecule has 1 N–H and O–H groups in total. The Morgan fingerprint density at radius 1 is 1.46 bits per heavy atom. The summed E-state index contributed by atoms with van der Waals surface area (Å²) in [5.74, 6) is 0.845. The number of benzene rings is 1. The smallest absolute Gasteiger partial charge is 0.142 e. The van der Waals surface area contributed by atoms with Crippen molar-refractivity contribution < 1.29 is 4.74 Å². The van der Waals surface area contributed by atoms with E-state index in [1.807, 2.05) is 24.3 Å². The molecule has 0 bridgehead atoms. The van der Waals surface area contributed by atoms with Crippen LogP contribution in [0.5, 0.6) is 5.75 Å². The molecule has 2 heteroatoms. The predicted molar refractivity (Wildman–Crippen MR) is 56.0 cm³/mol. The SMILES string of the molecule is C=C(CC)Nc1ccccc1OC. The number of hydrogen-bond donors (Lipinski definition) is 1. The number of rotatable bonds is 4. The fraction of sp³-hybridized carbons (Fsp3) is 0.273. The zero-order valence-electron chi connectivity index (χ0n) is 8.13. The van der Waals surface area contributed by atoms with E-state index in [1.54, 1.807) is 7.11 Å². The van der Waals surface area contributed by atoms with Crippen molar-refractivity contribution in [1.82, 2.24) is 0 Å². The lowest BCUT2D eigenvalue weighted by molar-refractivity contribution is 0.416. The van der Waals surface area contributed by atoms with Crippen molar-refractivity contribution in [3.63, 3.8) is 0 Å². The molecule has 13 heavy (non-hydrogen) atoms. The van der Waals surface area contributed by atoms with Crippen LogP contribution in [0.15, 0.2) is 36.5 Å². The third-order valence-corrected chi connectivity index (χ3v) is 1.85. The summed E-state index contributed by atoms with van der Waals surface area (Å²) in [7, 11) is 1.66. The molecule has 0 heterocycles. The summed E-state index contributed by atoms with van der Waals surface area (Å²) in [5.41, 5.74) is 1.96. The molecule has 0 saturated heterocycles. The quantitative estimate of drug-likeness (QED) is 0.763. The van der Waals surface area contributed by atoms with Crippen LogP contribution in [-0.2, 0) is 0 Å². The Kier molecular flexibility index (Phi) is 3.38. The largest absolute Gasteiger partial charge is 0.495 e. The maximum absolute atomic E-state index is 5.19. The lowest BCUT2D eigenvalue weighted by Gasteiger charge is -2.11. The number of methoxy groups -OCH3 is 1. The summed E-state index contributed by atoms with van der Waals surface area (Å²) < 4.78 is 5.19. The monoisotopic (exact) mass is 177 g/mol. The maximum atomic E-state index is 5.19. The molecular formula is C11H15NO. The Morgan fingerprint density at radius 2 is 2.15 bits per heavy atom. The third-order valence-electron chi connectivity index (χ3n) is 1.85. The maximum Gasteiger partial charge on any atom is 0.142 e. The summed E-state index contributed by atoms with van der Waals surface area (Å²) in [4.78, 5) is 0. The lowest BCUT2D eigenvalue weighted by atomic mass is 10.2. The molecule has 0 saturated carbocycles. The van der Waals surface area contributed by atoms with E-state index in [9.17, 15) is 0 Å². The number of anilines is 1. The van der Waals surface area contributed by atoms with Gasteiger partial charge in [0, 0.05) is 5.70 Å². The second kappa shape index (κ2) is 4.55. The van der Waals surface area contributed by atoms with Crippen molar-refractivity contribution in [2.45, 2.75) is 13.3 Å². The van der Waals surface area contributed by atoms with Crippen LogP contribution in [0.4, 0.5) is 5.69 Å². The van der Waals surface area contributed by atoms with Gasteiger partial charge in [-0.25, -0.2) is 0 Å². The molecule has 70 valence electrons. The molecule has 0 aliphatic carbocycles. The van der Waals surface area contributed by atoms with Crippen LogP contribution < -0.4 is 10.1 Å². The normalized spacial score (nSPS) is 9.38. The van der Waals surface area contributed by atoms with Gasteiger partial charge in [-0.1, -0.05) is 25.6 Å². The van der Waals surface area contributed by atoms with Crippen LogP contribution in [-0.4, -0.2) is 7.11 Å². The Hall–Kier alpha value is -1.44. The van der Waals surface area contributed by atoms with Crippen LogP contribution >= 0.6 is 0 Å². The molecule has 0 unspecified atom stereocenters. The minimum Gasteiger partial charge on any atom is -0.495 e. The first-order chi connectivity index (χ1) is 6.27. The van der Waals surface area contributed by atoms with Gasteiger partial charge in [0.05, 0.1) is 12.8 Å². The summed E-state index contributed by atoms with van der Waals surface area (Å²) in [6.07, 6.45) is 0.915. The van der Waals surface area contributed by atoms with Gasteiger partial charge in [-0.05, 0) is 18.6 Å². The van der Waals surface area contributed by atoms with Crippen molar-refractivity contribution in [3.05, 3.63) is 36.5 Å². The second-order valence-electron chi connectivity index (χ2n) is 2.78. The number of para-hydroxylation sites is 2. The van der Waals surface area contributed by atoms with Gasteiger partial charge in [0.25, 0.3) is 0 Å². The highest BCUT2D eigenvalue weighted by Crippen LogP contribution is 2.24. The molecule has 0 spiro atoms. The summed E-state index contributed by atoms with van der Waals surface area (Å²) in [5, 5.41) is 3.19. The van der Waals surface area contributed by atoms with E-state index in [2.05, 4.69) is 18.8 Å². The average Bonchev–Trinajstić information content (AvgIpc) is 2.18. The second-order valence-corrected chi connectivity index (χ2v) is 2.78. The van der Waals surface area contributed by atoms with Gasteiger partial charge in [-0.2, -0.15) is 0 Å². The summed E-state index contributed by atoms with van der Waals surface area (Å²) in [6.45, 7) is 5.94. The molecule has 0 amide bonds. The van der Waals surface area contributed by atoms with E-state index < -0.39 is 0 Å². The topological polar surface area (TPSA) is 21.3 Å². The number of allylic oxidation sites excluding steroid dienone is 1. The Morgan fingerprint density at radius 3 is 2.77 bits per heavy atom. The molecule has 0 fully saturated rings. The first-order valence-corrected chi connectivity index (χ1v) is 4.35. The molecule has 0 atom stereocenters. The van der Waals surface area contributed by atoms with Crippen LogP contribution in [0.1, 0.15) is 13.3 Å². The van der Waals surface area contributed by atoms with Crippen molar-refractivity contribution in [3.8, 4) is 5.75 Å². The summed E-state index contributed by atoms with van der Waals surface area (Å²) in [6, 6.07) is 7.80. The Bertz CT molecular complexity index is 294. The fourth-order valence-corrected chi connectivity index (χ4v) is 1.03. The highest BCUT2D eigenvalue weighted by atomic mass is 16.5. The zero-order chi connectivity index (χ0) is 9.68. The van der Waals surface area contributed by atoms with Gasteiger partial charge in [0.2, 0.25) is 0 Å². The van der Waals surface area contributed by atoms with Crippen molar-refractivity contribution in [1.29, 1.82) is 0 Å². The fourth-order valence-electron chi connectivity index (χ4n) is 1.03. The molecule has 1 rings (SSSR count). The van der Waals surface area contributed by atoms with Crippen LogP contribution in [0.2, 0.25) is 0 Å². The minimum absolute atomic E-state index is 0.845. The standard InChI is InChI=1S/C11H15NO/c1-4-9(2)12-10-7-5-6-8-11(10)13-3/h5-8,12H,2,4H2,1,3H3. The molecule has 1 aromatic rings. The first-order valence-electron chi connectivity index (χ1n) is 4.35. The lowest BCUT2D eigenvalue weighted by Crippen LogP contribution is -1.98. The van der Waals surface area contributed by atoms with E-state index >= 15 is 0 Å². The molecular weight excluding hydrogens is 162 g/mol. The number of hydrogen-bond acceptors (Lipinski definition) is 2. The van der Waals surface area contributed by atoms with Crippen LogP contribution in [0.3, 0.4) is 0 Å². The molecule has 0 aliphatic heterocycles. The van der Waals surface area contributed by atoms with E-state index in [4.69, 9.17) is 4.74 Å². The molecule has 0 radical (unpaired) electrons. The van der Waals surface area contributed by atoms with Gasteiger partial charge in [0.1, 0.15) is 5.75 Å². The van der Waals surface area contributed by atoms with Crippen molar-refractivity contribution in [2.24, 2.45) is 0 Å². The van der Waals surface area contributed by atoms with E-state index in [-0.39, 0.29) is 0 Å². The Labute approximate surface area is 79.2 Å². The van der Waals surface area contributed by atoms with Gasteiger partial charge in [-0.3, -0.25) is 0 Å². The average molecular weight is 177 g/mol. The first kappa shape index (κ1) is 9.65. The molecule has 0 aliphatic rings. The highest BCUT2D eigenvalue weighted by Gasteiger charge is 2.00. The van der Waals surface area contributed by atoms with Crippen LogP contribution in [0.25, 0.3) is 0 Å². The van der Waals surface area contributed by atoms with Crippen LogP contribution in [0, 0.1) is 0 Å². The number of ether oxygens (including phenoxy) is 1. The van der Waals surface area contributed by atoms with E-state index in [0.717, 1.165) is 23.6 Å². The molecule has 0 aromatic heterocycles. The van der Waals surface area contributed by atoms with E-state index in [1.165, 1.54) is 0 Å². The van der Waals surface area contributed by atoms with Crippen molar-refractivity contribution in [2.75, 3.05) is 12.4 Å². The third kappa shape index (κ3) is 2.51. The van der Waals surface area contributed by atoms with E-state index in [0.29, 0.717) is 0 Å². The van der Waals surface area contributed by atoms with Gasteiger partial charge >= 0.3 is 0 Å².